The van der Waals surface area contributed by atoms with Crippen LogP contribution >= 0.6 is 0 Å². The Morgan fingerprint density at radius 1 is 1.03 bits per heavy atom. The molecule has 0 unspecified atom stereocenters. The van der Waals surface area contributed by atoms with Crippen LogP contribution in [0.2, 0.25) is 0 Å². The highest BCUT2D eigenvalue weighted by Gasteiger charge is 2.24. The molecule has 7 nitrogen and oxygen atoms in total. The second kappa shape index (κ2) is 10.7. The van der Waals surface area contributed by atoms with E-state index in [1.165, 1.54) is 37.1 Å². The zero-order chi connectivity index (χ0) is 22.2. The summed E-state index contributed by atoms with van der Waals surface area (Å²) in [6.07, 6.45) is 2.21. The predicted molar refractivity (Wildman–Crippen MR) is 123 cm³/mol. The van der Waals surface area contributed by atoms with Gasteiger partial charge in [0.05, 0.1) is 5.54 Å². The van der Waals surface area contributed by atoms with Crippen LogP contribution in [0.15, 0.2) is 29.3 Å². The van der Waals surface area contributed by atoms with Gasteiger partial charge in [-0.25, -0.2) is 4.79 Å². The molecule has 0 aliphatic carbocycles. The summed E-state index contributed by atoms with van der Waals surface area (Å²) in [6.45, 7) is 14.1. The highest BCUT2D eigenvalue weighted by molar-refractivity contribution is 5.79. The minimum Gasteiger partial charge on any atom is -0.444 e. The molecule has 1 amide bonds. The van der Waals surface area contributed by atoms with E-state index in [0.717, 1.165) is 6.54 Å². The first-order valence-electron chi connectivity index (χ1n) is 10.8. The number of rotatable bonds is 7. The number of amides is 1. The maximum atomic E-state index is 12.0. The summed E-state index contributed by atoms with van der Waals surface area (Å²) in [6, 6.07) is 8.75. The Bertz CT molecular complexity index is 701. The number of ether oxygens (including phenoxy) is 1. The Kier molecular flexibility index (Phi) is 8.53. The van der Waals surface area contributed by atoms with E-state index in [-0.39, 0.29) is 0 Å². The van der Waals surface area contributed by atoms with Crippen molar-refractivity contribution in [2.45, 2.75) is 71.7 Å². The van der Waals surface area contributed by atoms with Crippen LogP contribution in [0.5, 0.6) is 0 Å². The van der Waals surface area contributed by atoms with Crippen molar-refractivity contribution in [1.29, 1.82) is 0 Å². The van der Waals surface area contributed by atoms with Crippen LogP contribution in [0.1, 0.15) is 58.6 Å². The molecular weight excluding hydrogens is 378 g/mol. The number of nitrogens with one attached hydrogen (secondary N) is 3. The number of alkyl carbamates (subject to hydrolysis) is 1. The third kappa shape index (κ3) is 9.03. The SMILES string of the molecule is CN=C(NCc1ccc(CN2CCCC2)cc1)NCC(C)(C)NC(=O)OC(C)(C)C. The predicted octanol–water partition coefficient (Wildman–Crippen LogP) is 3.25. The Morgan fingerprint density at radius 3 is 2.20 bits per heavy atom. The van der Waals surface area contributed by atoms with E-state index in [9.17, 15) is 4.79 Å². The largest absolute Gasteiger partial charge is 0.444 e. The lowest BCUT2D eigenvalue weighted by Gasteiger charge is -2.29. The summed E-state index contributed by atoms with van der Waals surface area (Å²) in [7, 11) is 1.74. The summed E-state index contributed by atoms with van der Waals surface area (Å²) in [5.74, 6) is 0.690. The summed E-state index contributed by atoms with van der Waals surface area (Å²) in [4.78, 5) is 18.8. The van der Waals surface area contributed by atoms with Crippen molar-refractivity contribution in [2.75, 3.05) is 26.7 Å². The molecule has 0 radical (unpaired) electrons. The van der Waals surface area contributed by atoms with Crippen molar-refractivity contribution in [1.82, 2.24) is 20.9 Å². The Morgan fingerprint density at radius 2 is 1.63 bits per heavy atom. The molecule has 1 aliphatic rings. The Labute approximate surface area is 181 Å². The van der Waals surface area contributed by atoms with Crippen molar-refractivity contribution in [3.8, 4) is 0 Å². The first kappa shape index (κ1) is 24.0. The van der Waals surface area contributed by atoms with E-state index >= 15 is 0 Å². The lowest BCUT2D eigenvalue weighted by Crippen LogP contribution is -2.54. The van der Waals surface area contributed by atoms with Gasteiger partial charge < -0.3 is 20.7 Å². The van der Waals surface area contributed by atoms with E-state index < -0.39 is 17.2 Å². The van der Waals surface area contributed by atoms with Gasteiger partial charge in [-0.15, -0.1) is 0 Å². The first-order valence-corrected chi connectivity index (χ1v) is 10.8. The van der Waals surface area contributed by atoms with Gasteiger partial charge in [-0.05, 0) is 71.7 Å². The maximum absolute atomic E-state index is 12.0. The van der Waals surface area contributed by atoms with E-state index in [1.54, 1.807) is 7.05 Å². The van der Waals surface area contributed by atoms with Gasteiger partial charge >= 0.3 is 6.09 Å². The van der Waals surface area contributed by atoms with Gasteiger partial charge in [0.2, 0.25) is 0 Å². The fourth-order valence-electron chi connectivity index (χ4n) is 3.30. The molecular formula is C23H39N5O2. The van der Waals surface area contributed by atoms with Crippen LogP contribution < -0.4 is 16.0 Å². The zero-order valence-electron chi connectivity index (χ0n) is 19.5. The van der Waals surface area contributed by atoms with E-state index in [2.05, 4.69) is 50.1 Å². The molecule has 1 heterocycles. The molecule has 30 heavy (non-hydrogen) atoms. The molecule has 3 N–H and O–H groups in total. The Hall–Kier alpha value is -2.28. The van der Waals surface area contributed by atoms with Crippen molar-refractivity contribution in [3.05, 3.63) is 35.4 Å². The number of aliphatic imine (C=N–C) groups is 1. The molecule has 7 heteroatoms. The summed E-state index contributed by atoms with van der Waals surface area (Å²) in [5.41, 5.74) is 1.55. The lowest BCUT2D eigenvalue weighted by molar-refractivity contribution is 0.0474. The summed E-state index contributed by atoms with van der Waals surface area (Å²) >= 11 is 0. The third-order valence-corrected chi connectivity index (χ3v) is 4.85. The molecule has 1 fully saturated rings. The fourth-order valence-corrected chi connectivity index (χ4v) is 3.30. The molecule has 1 saturated heterocycles. The van der Waals surface area contributed by atoms with Crippen LogP contribution in [-0.4, -0.2) is 54.8 Å². The number of benzene rings is 1. The van der Waals surface area contributed by atoms with Gasteiger partial charge in [0.25, 0.3) is 0 Å². The Balaban J connectivity index is 1.76. The van der Waals surface area contributed by atoms with Gasteiger partial charge in [0.1, 0.15) is 5.60 Å². The average Bonchev–Trinajstić information content (AvgIpc) is 3.14. The second-order valence-corrected chi connectivity index (χ2v) is 9.59. The molecule has 1 aliphatic heterocycles. The van der Waals surface area contributed by atoms with Crippen molar-refractivity contribution in [3.63, 3.8) is 0 Å². The number of carbonyl (C=O) groups excluding carboxylic acids is 1. The monoisotopic (exact) mass is 417 g/mol. The quantitative estimate of drug-likeness (QED) is 0.469. The zero-order valence-corrected chi connectivity index (χ0v) is 19.5. The second-order valence-electron chi connectivity index (χ2n) is 9.59. The van der Waals surface area contributed by atoms with Crippen LogP contribution in [0, 0.1) is 0 Å². The number of carbonyl (C=O) groups is 1. The highest BCUT2D eigenvalue weighted by atomic mass is 16.6. The molecule has 0 saturated carbocycles. The van der Waals surface area contributed by atoms with Gasteiger partial charge in [-0.1, -0.05) is 24.3 Å². The first-order chi connectivity index (χ1) is 14.1. The highest BCUT2D eigenvalue weighted by Crippen LogP contribution is 2.13. The van der Waals surface area contributed by atoms with E-state index in [1.807, 2.05) is 34.6 Å². The van der Waals surface area contributed by atoms with Crippen LogP contribution in [0.3, 0.4) is 0 Å². The number of hydrogen-bond acceptors (Lipinski definition) is 4. The van der Waals surface area contributed by atoms with E-state index in [0.29, 0.717) is 19.0 Å². The van der Waals surface area contributed by atoms with Crippen LogP contribution in [0.25, 0.3) is 0 Å². The molecule has 0 atom stereocenters. The molecule has 0 bridgehead atoms. The topological polar surface area (TPSA) is 78.0 Å². The number of likely N-dealkylation sites (tertiary alicyclic amines) is 1. The average molecular weight is 418 g/mol. The normalized spacial score (nSPS) is 15.7. The smallest absolute Gasteiger partial charge is 0.408 e. The third-order valence-electron chi connectivity index (χ3n) is 4.85. The minimum atomic E-state index is -0.519. The number of guanidine groups is 1. The molecule has 0 aromatic heterocycles. The maximum Gasteiger partial charge on any atom is 0.408 e. The molecule has 1 aromatic rings. The lowest BCUT2D eigenvalue weighted by atomic mass is 10.1. The van der Waals surface area contributed by atoms with Gasteiger partial charge in [0.15, 0.2) is 5.96 Å². The summed E-state index contributed by atoms with van der Waals surface area (Å²) in [5, 5.41) is 9.49. The van der Waals surface area contributed by atoms with Gasteiger partial charge in [-0.2, -0.15) is 0 Å². The van der Waals surface area contributed by atoms with Crippen molar-refractivity contribution in [2.24, 2.45) is 4.99 Å². The summed E-state index contributed by atoms with van der Waals surface area (Å²) < 4.78 is 5.34. The van der Waals surface area contributed by atoms with Crippen LogP contribution in [0.4, 0.5) is 4.79 Å². The fraction of sp³-hybridized carbons (Fsp3) is 0.652. The van der Waals surface area contributed by atoms with Crippen molar-refractivity contribution < 1.29 is 9.53 Å². The molecule has 2 rings (SSSR count). The number of nitrogens with zero attached hydrogens (tertiary/aromatic N) is 2. The number of hydrogen-bond donors (Lipinski definition) is 3. The standard InChI is InChI=1S/C23H39N5O2/c1-22(2,3)30-21(29)27-23(4,5)17-26-20(24-6)25-15-18-9-11-19(12-10-18)16-28-13-7-8-14-28/h9-12H,7-8,13-17H2,1-6H3,(H,27,29)(H2,24,25,26). The molecule has 0 spiro atoms. The van der Waals surface area contributed by atoms with E-state index in [4.69, 9.17) is 4.74 Å². The van der Waals surface area contributed by atoms with Gasteiger partial charge in [0, 0.05) is 26.7 Å². The van der Waals surface area contributed by atoms with Gasteiger partial charge in [-0.3, -0.25) is 9.89 Å². The molecule has 1 aromatic carbocycles. The molecule has 168 valence electrons. The minimum absolute atomic E-state index is 0.425. The van der Waals surface area contributed by atoms with Crippen LogP contribution in [-0.2, 0) is 17.8 Å². The van der Waals surface area contributed by atoms with Crippen molar-refractivity contribution >= 4 is 12.1 Å².